The summed E-state index contributed by atoms with van der Waals surface area (Å²) in [6.07, 6.45) is 1.54. The molecule has 2 aromatic rings. The first-order chi connectivity index (χ1) is 13.8. The van der Waals surface area contributed by atoms with Crippen LogP contribution in [0.3, 0.4) is 0 Å². The molecule has 29 heavy (non-hydrogen) atoms. The van der Waals surface area contributed by atoms with Crippen molar-refractivity contribution in [2.24, 2.45) is 0 Å². The van der Waals surface area contributed by atoms with Crippen molar-refractivity contribution in [3.8, 4) is 0 Å². The number of hydrogen-bond donors (Lipinski definition) is 3. The van der Waals surface area contributed by atoms with Gasteiger partial charge in [-0.05, 0) is 56.7 Å². The Morgan fingerprint density at radius 1 is 1.31 bits per heavy atom. The summed E-state index contributed by atoms with van der Waals surface area (Å²) in [5.74, 6) is -1.28. The number of rotatable bonds is 5. The molecule has 2 aliphatic heterocycles. The van der Waals surface area contributed by atoms with E-state index in [2.05, 4.69) is 16.0 Å². The van der Waals surface area contributed by atoms with Crippen molar-refractivity contribution in [1.29, 1.82) is 0 Å². The largest absolute Gasteiger partial charge is 0.382 e. The molecule has 0 aromatic heterocycles. The number of nitrogens with one attached hydrogen (secondary N) is 3. The number of anilines is 3. The van der Waals surface area contributed by atoms with Crippen LogP contribution in [0, 0.1) is 12.7 Å². The standard InChI is InChI=1S/C22H24FN3O3/c1-13-9-14(7-8-18(13)25-10-15-12-28-22(2,3)29-15)24-11-16-20-17(23)5-4-6-19(20)26-21(16)27/h4-9,11,15,24-25H,10,12H2,1-3H3,(H,26,27)/b16-11+. The second kappa shape index (κ2) is 7.50. The fraction of sp³-hybridized carbons (Fsp3) is 0.318. The Morgan fingerprint density at radius 2 is 2.14 bits per heavy atom. The highest BCUT2D eigenvalue weighted by atomic mass is 19.1. The minimum absolute atomic E-state index is 0.00257. The third kappa shape index (κ3) is 4.11. The van der Waals surface area contributed by atoms with Crippen LogP contribution in [0.5, 0.6) is 0 Å². The summed E-state index contributed by atoms with van der Waals surface area (Å²) < 4.78 is 25.5. The smallest absolute Gasteiger partial charge is 0.257 e. The molecule has 2 aromatic carbocycles. The van der Waals surface area contributed by atoms with Gasteiger partial charge in [0.2, 0.25) is 0 Å². The van der Waals surface area contributed by atoms with Crippen LogP contribution in [0.2, 0.25) is 0 Å². The summed E-state index contributed by atoms with van der Waals surface area (Å²) in [6, 6.07) is 10.4. The number of benzene rings is 2. The van der Waals surface area contributed by atoms with Gasteiger partial charge in [0, 0.05) is 29.7 Å². The fourth-order valence-corrected chi connectivity index (χ4v) is 3.54. The minimum Gasteiger partial charge on any atom is -0.382 e. The molecule has 0 spiro atoms. The Balaban J connectivity index is 1.43. The molecule has 152 valence electrons. The highest BCUT2D eigenvalue weighted by Gasteiger charge is 2.32. The molecule has 0 bridgehead atoms. The summed E-state index contributed by atoms with van der Waals surface area (Å²) in [6.45, 7) is 7.02. The minimum atomic E-state index is -0.534. The molecular formula is C22H24FN3O3. The van der Waals surface area contributed by atoms with Crippen LogP contribution >= 0.6 is 0 Å². The van der Waals surface area contributed by atoms with Crippen LogP contribution in [-0.2, 0) is 14.3 Å². The molecule has 2 heterocycles. The summed E-state index contributed by atoms with van der Waals surface area (Å²) in [5, 5.41) is 9.16. The lowest BCUT2D eigenvalue weighted by Crippen LogP contribution is -2.26. The molecule has 0 aliphatic carbocycles. The van der Waals surface area contributed by atoms with E-state index in [1.54, 1.807) is 12.1 Å². The Kier molecular flexibility index (Phi) is 5.02. The zero-order chi connectivity index (χ0) is 20.6. The van der Waals surface area contributed by atoms with Crippen molar-refractivity contribution >= 4 is 28.5 Å². The van der Waals surface area contributed by atoms with E-state index in [0.717, 1.165) is 16.9 Å². The number of carbonyl (C=O) groups is 1. The molecule has 6 nitrogen and oxygen atoms in total. The van der Waals surface area contributed by atoms with Crippen molar-refractivity contribution in [2.45, 2.75) is 32.7 Å². The molecule has 1 atom stereocenters. The molecule has 1 amide bonds. The Hall–Kier alpha value is -2.90. The Morgan fingerprint density at radius 3 is 2.86 bits per heavy atom. The zero-order valence-corrected chi connectivity index (χ0v) is 16.6. The number of amides is 1. The van der Waals surface area contributed by atoms with Crippen molar-refractivity contribution in [3.63, 3.8) is 0 Å². The van der Waals surface area contributed by atoms with E-state index in [0.29, 0.717) is 24.4 Å². The number of halogens is 1. The predicted octanol–water partition coefficient (Wildman–Crippen LogP) is 4.10. The first-order valence-electron chi connectivity index (χ1n) is 9.56. The van der Waals surface area contributed by atoms with E-state index in [9.17, 15) is 9.18 Å². The molecule has 0 saturated carbocycles. The van der Waals surface area contributed by atoms with Crippen molar-refractivity contribution < 1.29 is 18.7 Å². The number of ether oxygens (including phenoxy) is 2. The predicted molar refractivity (Wildman–Crippen MR) is 111 cm³/mol. The van der Waals surface area contributed by atoms with Gasteiger partial charge in [0.1, 0.15) is 11.9 Å². The number of hydrogen-bond acceptors (Lipinski definition) is 5. The summed E-state index contributed by atoms with van der Waals surface area (Å²) in [5.41, 5.74) is 3.89. The van der Waals surface area contributed by atoms with E-state index < -0.39 is 11.6 Å². The molecule has 1 saturated heterocycles. The van der Waals surface area contributed by atoms with Gasteiger partial charge in [-0.1, -0.05) is 6.07 Å². The Labute approximate surface area is 169 Å². The fourth-order valence-electron chi connectivity index (χ4n) is 3.54. The third-order valence-electron chi connectivity index (χ3n) is 4.97. The average molecular weight is 397 g/mol. The topological polar surface area (TPSA) is 71.6 Å². The quantitative estimate of drug-likeness (QED) is 0.663. The van der Waals surface area contributed by atoms with Crippen molar-refractivity contribution in [1.82, 2.24) is 0 Å². The van der Waals surface area contributed by atoms with E-state index in [1.807, 2.05) is 39.0 Å². The average Bonchev–Trinajstić information content (AvgIpc) is 3.18. The first kappa shape index (κ1) is 19.4. The number of fused-ring (bicyclic) bond motifs is 1. The lowest BCUT2D eigenvalue weighted by Gasteiger charge is -2.18. The van der Waals surface area contributed by atoms with Gasteiger partial charge in [0.15, 0.2) is 5.79 Å². The zero-order valence-electron chi connectivity index (χ0n) is 16.6. The van der Waals surface area contributed by atoms with Crippen molar-refractivity contribution in [3.05, 3.63) is 59.5 Å². The highest BCUT2D eigenvalue weighted by molar-refractivity contribution is 6.31. The third-order valence-corrected chi connectivity index (χ3v) is 4.97. The molecule has 1 unspecified atom stereocenters. The van der Waals surface area contributed by atoms with Crippen molar-refractivity contribution in [2.75, 3.05) is 29.1 Å². The molecule has 4 rings (SSSR count). The van der Waals surface area contributed by atoms with E-state index >= 15 is 0 Å². The van der Waals surface area contributed by atoms with Gasteiger partial charge in [0.25, 0.3) is 5.91 Å². The monoisotopic (exact) mass is 397 g/mol. The second-order valence-corrected chi connectivity index (χ2v) is 7.68. The number of carbonyl (C=O) groups excluding carboxylic acids is 1. The summed E-state index contributed by atoms with van der Waals surface area (Å²) >= 11 is 0. The molecule has 2 aliphatic rings. The molecule has 0 radical (unpaired) electrons. The first-order valence-corrected chi connectivity index (χ1v) is 9.56. The lowest BCUT2D eigenvalue weighted by molar-refractivity contribution is -0.136. The second-order valence-electron chi connectivity index (χ2n) is 7.68. The van der Waals surface area contributed by atoms with E-state index in [-0.39, 0.29) is 17.6 Å². The summed E-state index contributed by atoms with van der Waals surface area (Å²) in [4.78, 5) is 12.2. The molecular weight excluding hydrogens is 373 g/mol. The van der Waals surface area contributed by atoms with Crippen LogP contribution in [0.4, 0.5) is 21.5 Å². The maximum Gasteiger partial charge on any atom is 0.257 e. The molecule has 7 heteroatoms. The van der Waals surface area contributed by atoms with E-state index in [4.69, 9.17) is 9.47 Å². The maximum atomic E-state index is 14.1. The van der Waals surface area contributed by atoms with Crippen LogP contribution in [0.25, 0.3) is 5.57 Å². The number of aryl methyl sites for hydroxylation is 1. The highest BCUT2D eigenvalue weighted by Crippen LogP contribution is 2.33. The van der Waals surface area contributed by atoms with Crippen LogP contribution < -0.4 is 16.0 Å². The van der Waals surface area contributed by atoms with E-state index in [1.165, 1.54) is 12.3 Å². The Bertz CT molecular complexity index is 987. The van der Waals surface area contributed by atoms with Crippen LogP contribution in [0.15, 0.2) is 42.6 Å². The summed E-state index contributed by atoms with van der Waals surface area (Å²) in [7, 11) is 0. The SMILES string of the molecule is Cc1cc(N/C=C2/C(=O)Nc3cccc(F)c32)ccc1NCC1COC(C)(C)O1. The van der Waals surface area contributed by atoms with Gasteiger partial charge in [-0.15, -0.1) is 0 Å². The van der Waals surface area contributed by atoms with Gasteiger partial charge in [-0.25, -0.2) is 4.39 Å². The van der Waals surface area contributed by atoms with Gasteiger partial charge in [-0.3, -0.25) is 4.79 Å². The molecule has 3 N–H and O–H groups in total. The maximum absolute atomic E-state index is 14.1. The van der Waals surface area contributed by atoms with Gasteiger partial charge in [0.05, 0.1) is 17.9 Å². The van der Waals surface area contributed by atoms with Crippen LogP contribution in [-0.4, -0.2) is 30.9 Å². The van der Waals surface area contributed by atoms with Gasteiger partial charge >= 0.3 is 0 Å². The van der Waals surface area contributed by atoms with Crippen LogP contribution in [0.1, 0.15) is 25.0 Å². The van der Waals surface area contributed by atoms with Gasteiger partial charge in [-0.2, -0.15) is 0 Å². The molecule has 1 fully saturated rings. The lowest BCUT2D eigenvalue weighted by atomic mass is 10.1. The normalized spacial score (nSPS) is 21.2. The van der Waals surface area contributed by atoms with Gasteiger partial charge < -0.3 is 25.4 Å².